The molecule has 25 heavy (non-hydrogen) atoms. The van der Waals surface area contributed by atoms with Crippen molar-refractivity contribution in [3.63, 3.8) is 0 Å². The number of nitrogens with zero attached hydrogens (tertiary/aromatic N) is 1. The van der Waals surface area contributed by atoms with E-state index in [0.29, 0.717) is 12.5 Å². The number of hydrogen-bond acceptors (Lipinski definition) is 6. The van der Waals surface area contributed by atoms with Crippen molar-refractivity contribution in [2.24, 2.45) is 0 Å². The van der Waals surface area contributed by atoms with E-state index in [9.17, 15) is 5.11 Å². The molecule has 1 aliphatic carbocycles. The number of benzene rings is 1. The molecule has 1 aliphatic heterocycles. The van der Waals surface area contributed by atoms with E-state index in [4.69, 9.17) is 20.5 Å². The van der Waals surface area contributed by atoms with Crippen LogP contribution in [0.2, 0.25) is 0 Å². The summed E-state index contributed by atoms with van der Waals surface area (Å²) in [5.74, 6) is 0.392. The molecule has 1 aromatic carbocycles. The highest BCUT2D eigenvalue weighted by molar-refractivity contribution is 7.15. The van der Waals surface area contributed by atoms with E-state index in [1.165, 1.54) is 0 Å². The largest absolute Gasteiger partial charge is 0.399 e. The molecular weight excluding hydrogens is 336 g/mol. The highest BCUT2D eigenvalue weighted by atomic mass is 32.1. The first-order valence-corrected chi connectivity index (χ1v) is 9.69. The van der Waals surface area contributed by atoms with Gasteiger partial charge < -0.3 is 10.8 Å². The molecule has 0 unspecified atom stereocenters. The third-order valence-corrected chi connectivity index (χ3v) is 6.46. The predicted octanol–water partition coefficient (Wildman–Crippen LogP) is 3.94. The fourth-order valence-corrected chi connectivity index (χ4v) is 5.06. The number of rotatable bonds is 3. The molecule has 0 amide bonds. The lowest BCUT2D eigenvalue weighted by molar-refractivity contribution is -0.314. The first-order valence-electron chi connectivity index (χ1n) is 8.87. The van der Waals surface area contributed by atoms with Gasteiger partial charge in [0.15, 0.2) is 0 Å². The molecule has 0 radical (unpaired) electrons. The van der Waals surface area contributed by atoms with Crippen LogP contribution in [0.5, 0.6) is 0 Å². The minimum Gasteiger partial charge on any atom is -0.399 e. The van der Waals surface area contributed by atoms with Gasteiger partial charge in [0, 0.05) is 18.0 Å². The Hall–Kier alpha value is -1.47. The standard InChI is InChI=1S/C19H24N2O3S/c1-12-8-14(10-15(20)9-12)18-17(21-16(11-22)25-18)13-2-4-19(5-3-13)6-7-23-24-19/h8-10,13,22H,2-7,11,20H2,1H3. The molecule has 2 aromatic rings. The molecule has 2 aliphatic rings. The highest BCUT2D eigenvalue weighted by Gasteiger charge is 2.42. The Morgan fingerprint density at radius 3 is 2.72 bits per heavy atom. The number of hydrogen-bond donors (Lipinski definition) is 2. The average Bonchev–Trinajstić information content (AvgIpc) is 3.22. The Labute approximate surface area is 151 Å². The lowest BCUT2D eigenvalue weighted by Gasteiger charge is -2.34. The van der Waals surface area contributed by atoms with Crippen LogP contribution in [0.4, 0.5) is 5.69 Å². The zero-order valence-corrected chi connectivity index (χ0v) is 15.3. The smallest absolute Gasteiger partial charge is 0.119 e. The van der Waals surface area contributed by atoms with Gasteiger partial charge in [-0.05, 0) is 55.9 Å². The minimum absolute atomic E-state index is 0.0213. The number of aliphatic hydroxyl groups is 1. The van der Waals surface area contributed by atoms with Crippen molar-refractivity contribution in [2.45, 2.75) is 57.2 Å². The van der Waals surface area contributed by atoms with Crippen LogP contribution in [-0.4, -0.2) is 22.3 Å². The van der Waals surface area contributed by atoms with Crippen LogP contribution in [-0.2, 0) is 16.4 Å². The van der Waals surface area contributed by atoms with Crippen molar-refractivity contribution >= 4 is 17.0 Å². The van der Waals surface area contributed by atoms with E-state index in [2.05, 4.69) is 13.0 Å². The van der Waals surface area contributed by atoms with Gasteiger partial charge in [-0.1, -0.05) is 6.07 Å². The topological polar surface area (TPSA) is 77.6 Å². The maximum Gasteiger partial charge on any atom is 0.119 e. The van der Waals surface area contributed by atoms with Crippen molar-refractivity contribution in [2.75, 3.05) is 12.3 Å². The minimum atomic E-state index is -0.0831. The van der Waals surface area contributed by atoms with Gasteiger partial charge >= 0.3 is 0 Å². The van der Waals surface area contributed by atoms with Crippen molar-refractivity contribution in [1.29, 1.82) is 0 Å². The fraction of sp³-hybridized carbons (Fsp3) is 0.526. The van der Waals surface area contributed by atoms with Gasteiger partial charge in [-0.15, -0.1) is 11.3 Å². The van der Waals surface area contributed by atoms with E-state index in [1.807, 2.05) is 12.1 Å². The average molecular weight is 360 g/mol. The van der Waals surface area contributed by atoms with Crippen molar-refractivity contribution < 1.29 is 14.9 Å². The van der Waals surface area contributed by atoms with Crippen molar-refractivity contribution in [3.05, 3.63) is 34.5 Å². The van der Waals surface area contributed by atoms with E-state index in [0.717, 1.165) is 64.5 Å². The Bertz CT molecular complexity index is 738. The Morgan fingerprint density at radius 1 is 1.28 bits per heavy atom. The molecule has 1 spiro atoms. The molecule has 1 aromatic heterocycles. The van der Waals surface area contributed by atoms with Gasteiger partial charge in [0.1, 0.15) is 10.6 Å². The zero-order valence-electron chi connectivity index (χ0n) is 14.5. The van der Waals surface area contributed by atoms with Gasteiger partial charge in [0.05, 0.1) is 23.8 Å². The summed E-state index contributed by atoms with van der Waals surface area (Å²) >= 11 is 1.57. The quantitative estimate of drug-likeness (QED) is 0.640. The number of aromatic nitrogens is 1. The van der Waals surface area contributed by atoms with Gasteiger partial charge in [-0.25, -0.2) is 14.8 Å². The van der Waals surface area contributed by atoms with E-state index < -0.39 is 0 Å². The summed E-state index contributed by atoms with van der Waals surface area (Å²) in [7, 11) is 0. The van der Waals surface area contributed by atoms with Gasteiger partial charge in [0.25, 0.3) is 0 Å². The third kappa shape index (κ3) is 3.31. The van der Waals surface area contributed by atoms with Crippen LogP contribution in [0.15, 0.2) is 18.2 Å². The summed E-state index contributed by atoms with van der Waals surface area (Å²) in [6.07, 6.45) is 5.05. The lowest BCUT2D eigenvalue weighted by Crippen LogP contribution is -2.32. The summed E-state index contributed by atoms with van der Waals surface area (Å²) in [4.78, 5) is 16.6. The summed E-state index contributed by atoms with van der Waals surface area (Å²) < 4.78 is 0. The van der Waals surface area contributed by atoms with Crippen LogP contribution in [0.25, 0.3) is 10.4 Å². The van der Waals surface area contributed by atoms with Crippen LogP contribution in [0, 0.1) is 6.92 Å². The second-order valence-electron chi connectivity index (χ2n) is 7.23. The first-order chi connectivity index (χ1) is 12.1. The zero-order chi connectivity index (χ0) is 17.4. The van der Waals surface area contributed by atoms with Gasteiger partial charge in [-0.3, -0.25) is 0 Å². The summed E-state index contributed by atoms with van der Waals surface area (Å²) in [5, 5.41) is 10.4. The number of nitrogens with two attached hydrogens (primary N) is 1. The van der Waals surface area contributed by atoms with Crippen LogP contribution >= 0.6 is 11.3 Å². The van der Waals surface area contributed by atoms with Crippen molar-refractivity contribution in [1.82, 2.24) is 4.98 Å². The van der Waals surface area contributed by atoms with E-state index in [1.54, 1.807) is 11.3 Å². The molecular formula is C19H24N2O3S. The summed E-state index contributed by atoms with van der Waals surface area (Å²) in [6.45, 7) is 2.73. The molecule has 1 saturated carbocycles. The molecule has 5 nitrogen and oxygen atoms in total. The number of aliphatic hydroxyl groups excluding tert-OH is 1. The molecule has 0 bridgehead atoms. The summed E-state index contributed by atoms with van der Waals surface area (Å²) in [5.41, 5.74) is 10.1. The normalized spacial score (nSPS) is 26.4. The molecule has 4 rings (SSSR count). The monoisotopic (exact) mass is 360 g/mol. The maximum atomic E-state index is 9.58. The van der Waals surface area contributed by atoms with Crippen LogP contribution in [0.3, 0.4) is 0 Å². The molecule has 2 fully saturated rings. The molecule has 2 heterocycles. The van der Waals surface area contributed by atoms with Crippen LogP contribution in [0.1, 0.15) is 54.3 Å². The molecule has 3 N–H and O–H groups in total. The molecule has 1 saturated heterocycles. The Morgan fingerprint density at radius 2 is 2.08 bits per heavy atom. The SMILES string of the molecule is Cc1cc(N)cc(-c2sc(CO)nc2C2CCC3(CCOO3)CC2)c1. The molecule has 6 heteroatoms. The second kappa shape index (κ2) is 6.68. The number of thiazole rings is 1. The van der Waals surface area contributed by atoms with E-state index >= 15 is 0 Å². The first kappa shape index (κ1) is 17.0. The lowest BCUT2D eigenvalue weighted by atomic mass is 9.76. The van der Waals surface area contributed by atoms with Crippen LogP contribution < -0.4 is 5.73 Å². The van der Waals surface area contributed by atoms with E-state index in [-0.39, 0.29) is 12.2 Å². The van der Waals surface area contributed by atoms with Crippen molar-refractivity contribution in [3.8, 4) is 10.4 Å². The third-order valence-electron chi connectivity index (χ3n) is 5.36. The van der Waals surface area contributed by atoms with Gasteiger partial charge in [0.2, 0.25) is 0 Å². The Balaban J connectivity index is 1.64. The Kier molecular flexibility index (Phi) is 4.54. The molecule has 0 atom stereocenters. The molecule has 134 valence electrons. The fourth-order valence-electron chi connectivity index (χ4n) is 4.06. The number of aryl methyl sites for hydroxylation is 1. The van der Waals surface area contributed by atoms with Gasteiger partial charge in [-0.2, -0.15) is 0 Å². The predicted molar refractivity (Wildman–Crippen MR) is 98.2 cm³/mol. The second-order valence-corrected chi connectivity index (χ2v) is 8.31. The maximum absolute atomic E-state index is 9.58. The summed E-state index contributed by atoms with van der Waals surface area (Å²) in [6, 6.07) is 6.12. The number of nitrogen functional groups attached to an aromatic ring is 1. The number of anilines is 1. The highest BCUT2D eigenvalue weighted by Crippen LogP contribution is 2.47.